The molecule has 0 aromatic carbocycles. The monoisotopic (exact) mass is 254 g/mol. The van der Waals surface area contributed by atoms with Crippen LogP contribution in [0.25, 0.3) is 0 Å². The van der Waals surface area contributed by atoms with Gasteiger partial charge in [-0.2, -0.15) is 0 Å². The number of hydrogen-bond acceptors (Lipinski definition) is 3. The maximum absolute atomic E-state index is 5.43. The second kappa shape index (κ2) is 3.38. The van der Waals surface area contributed by atoms with Crippen LogP contribution in [0.5, 0.6) is 0 Å². The Bertz CT molecular complexity index is 168. The first-order valence-electron chi connectivity index (χ1n) is 2.51. The second-order valence-corrected chi connectivity index (χ2v) is 3.03. The molecule has 0 saturated carbocycles. The lowest BCUT2D eigenvalue weighted by molar-refractivity contribution is 1.09. The van der Waals surface area contributed by atoms with E-state index >= 15 is 0 Å². The Kier molecular flexibility index (Phi) is 2.74. The number of nitrogens with two attached hydrogens (primary N) is 1. The van der Waals surface area contributed by atoms with Gasteiger partial charge in [0.2, 0.25) is 0 Å². The highest BCUT2D eigenvalue weighted by Crippen LogP contribution is 2.23. The molecule has 0 aliphatic carbocycles. The lowest BCUT2D eigenvalue weighted by atomic mass is 10.3. The van der Waals surface area contributed by atoms with E-state index in [4.69, 9.17) is 5.73 Å². The lowest BCUT2D eigenvalue weighted by Crippen LogP contribution is -1.95. The molecule has 1 aromatic rings. The predicted molar refractivity (Wildman–Crippen MR) is 49.9 cm³/mol. The van der Waals surface area contributed by atoms with Crippen LogP contribution in [-0.2, 0) is 6.54 Å². The molecule has 0 saturated heterocycles. The Labute approximate surface area is 71.9 Å². The fourth-order valence-corrected chi connectivity index (χ4v) is 2.02. The Morgan fingerprint density at radius 3 is 3.00 bits per heavy atom. The normalized spacial score (nSPS) is 9.56. The molecule has 0 bridgehead atoms. The number of hydrogen-bond donors (Lipinski definition) is 2. The van der Waals surface area contributed by atoms with Crippen LogP contribution in [0, 0.1) is 0 Å². The van der Waals surface area contributed by atoms with Crippen LogP contribution >= 0.6 is 34.2 Å². The molecule has 0 aliphatic heterocycles. The van der Waals surface area contributed by atoms with E-state index in [-0.39, 0.29) is 0 Å². The minimum absolute atomic E-state index is 0.620. The van der Waals surface area contributed by atoms with Crippen molar-refractivity contribution in [3.8, 4) is 0 Å². The van der Waals surface area contributed by atoms with Crippen LogP contribution in [0.3, 0.4) is 0 Å². The van der Waals surface area contributed by atoms with Gasteiger partial charge < -0.3 is 9.26 Å². The van der Waals surface area contributed by atoms with E-state index in [0.717, 1.165) is 5.00 Å². The fraction of sp³-hybridized carbons (Fsp3) is 0.200. The third-order valence-corrected chi connectivity index (χ3v) is 2.83. The molecule has 0 unspecified atom stereocenters. The Morgan fingerprint density at radius 2 is 2.56 bits per heavy atom. The molecular formula is C5H7IN2S. The van der Waals surface area contributed by atoms with Crippen molar-refractivity contribution in [3.05, 3.63) is 17.0 Å². The summed E-state index contributed by atoms with van der Waals surface area (Å²) in [5, 5.41) is 3.20. The molecule has 1 heterocycles. The van der Waals surface area contributed by atoms with Crippen molar-refractivity contribution in [3.63, 3.8) is 0 Å². The molecule has 2 nitrogen and oxygen atoms in total. The van der Waals surface area contributed by atoms with E-state index in [1.54, 1.807) is 11.3 Å². The highest BCUT2D eigenvalue weighted by molar-refractivity contribution is 14.1. The third kappa shape index (κ3) is 1.56. The molecule has 3 N–H and O–H groups in total. The van der Waals surface area contributed by atoms with Gasteiger partial charge >= 0.3 is 0 Å². The Morgan fingerprint density at radius 1 is 1.78 bits per heavy atom. The molecule has 0 spiro atoms. The van der Waals surface area contributed by atoms with Gasteiger partial charge in [0, 0.05) is 12.1 Å². The maximum atomic E-state index is 5.43. The van der Waals surface area contributed by atoms with E-state index < -0.39 is 0 Å². The van der Waals surface area contributed by atoms with Crippen molar-refractivity contribution in [2.75, 3.05) is 3.53 Å². The average molecular weight is 254 g/mol. The summed E-state index contributed by atoms with van der Waals surface area (Å²) in [5.41, 5.74) is 6.62. The number of thiophene rings is 1. The summed E-state index contributed by atoms with van der Waals surface area (Å²) >= 11 is 3.78. The molecule has 0 amide bonds. The largest absolute Gasteiger partial charge is 0.326 e. The van der Waals surface area contributed by atoms with E-state index in [1.165, 1.54) is 5.56 Å². The molecule has 1 rings (SSSR count). The van der Waals surface area contributed by atoms with Gasteiger partial charge in [-0.15, -0.1) is 11.3 Å². The van der Waals surface area contributed by atoms with Crippen LogP contribution in [-0.4, -0.2) is 0 Å². The van der Waals surface area contributed by atoms with Gasteiger partial charge in [-0.25, -0.2) is 0 Å². The minimum atomic E-state index is 0.620. The molecule has 0 aliphatic rings. The molecule has 9 heavy (non-hydrogen) atoms. The second-order valence-electron chi connectivity index (χ2n) is 1.57. The molecule has 1 aromatic heterocycles. The van der Waals surface area contributed by atoms with Gasteiger partial charge in [0.15, 0.2) is 0 Å². The number of halogens is 1. The van der Waals surface area contributed by atoms with Crippen molar-refractivity contribution in [2.45, 2.75) is 6.54 Å². The zero-order valence-corrected chi connectivity index (χ0v) is 7.70. The van der Waals surface area contributed by atoms with Crippen LogP contribution < -0.4 is 9.26 Å². The zero-order chi connectivity index (χ0) is 6.69. The summed E-state index contributed by atoms with van der Waals surface area (Å²) in [7, 11) is 0. The molecule has 4 heteroatoms. The summed E-state index contributed by atoms with van der Waals surface area (Å²) in [5.74, 6) is 0. The zero-order valence-electron chi connectivity index (χ0n) is 4.73. The van der Waals surface area contributed by atoms with Crippen LogP contribution in [0.4, 0.5) is 5.00 Å². The van der Waals surface area contributed by atoms with Gasteiger partial charge in [0.25, 0.3) is 0 Å². The van der Waals surface area contributed by atoms with Crippen LogP contribution in [0.2, 0.25) is 0 Å². The predicted octanol–water partition coefficient (Wildman–Crippen LogP) is 1.97. The average Bonchev–Trinajstić information content (AvgIpc) is 2.33. The molecule has 0 atom stereocenters. The first-order chi connectivity index (χ1) is 4.38. The third-order valence-electron chi connectivity index (χ3n) is 1.05. The summed E-state index contributed by atoms with van der Waals surface area (Å²) in [6, 6.07) is 2.03. The van der Waals surface area contributed by atoms with Crippen molar-refractivity contribution >= 4 is 39.2 Å². The minimum Gasteiger partial charge on any atom is -0.326 e. The SMILES string of the molecule is NCc1ccsc1NI. The van der Waals surface area contributed by atoms with Crippen molar-refractivity contribution in [1.29, 1.82) is 0 Å². The fourth-order valence-electron chi connectivity index (χ4n) is 0.579. The van der Waals surface area contributed by atoms with E-state index in [1.807, 2.05) is 11.4 Å². The van der Waals surface area contributed by atoms with Gasteiger partial charge in [0.1, 0.15) is 5.00 Å². The van der Waals surface area contributed by atoms with E-state index in [0.29, 0.717) is 6.54 Å². The van der Waals surface area contributed by atoms with Crippen LogP contribution in [0.1, 0.15) is 5.56 Å². The standard InChI is InChI=1S/C5H7IN2S/c6-8-5-4(3-7)1-2-9-5/h1-2,8H,3,7H2. The number of rotatable bonds is 2. The van der Waals surface area contributed by atoms with Gasteiger partial charge in [-0.3, -0.25) is 0 Å². The summed E-state index contributed by atoms with van der Waals surface area (Å²) < 4.78 is 3.04. The van der Waals surface area contributed by atoms with E-state index in [9.17, 15) is 0 Å². The maximum Gasteiger partial charge on any atom is 0.101 e. The highest BCUT2D eigenvalue weighted by Gasteiger charge is 1.97. The summed E-state index contributed by atoms with van der Waals surface area (Å²) in [6.45, 7) is 0.620. The molecule has 50 valence electrons. The van der Waals surface area contributed by atoms with Crippen LogP contribution in [0.15, 0.2) is 11.4 Å². The van der Waals surface area contributed by atoms with Gasteiger partial charge in [-0.1, -0.05) is 0 Å². The number of anilines is 1. The molecule has 0 fully saturated rings. The lowest BCUT2D eigenvalue weighted by Gasteiger charge is -1.94. The summed E-state index contributed by atoms with van der Waals surface area (Å²) in [6.07, 6.45) is 0. The molecular weight excluding hydrogens is 247 g/mol. The van der Waals surface area contributed by atoms with E-state index in [2.05, 4.69) is 26.4 Å². The van der Waals surface area contributed by atoms with Gasteiger partial charge in [-0.05, 0) is 11.4 Å². The topological polar surface area (TPSA) is 38.0 Å². The number of nitrogens with one attached hydrogen (secondary N) is 1. The smallest absolute Gasteiger partial charge is 0.101 e. The van der Waals surface area contributed by atoms with Gasteiger partial charge in [0.05, 0.1) is 22.9 Å². The van der Waals surface area contributed by atoms with Crippen molar-refractivity contribution in [1.82, 2.24) is 0 Å². The highest BCUT2D eigenvalue weighted by atomic mass is 127. The quantitative estimate of drug-likeness (QED) is 0.625. The van der Waals surface area contributed by atoms with Crippen molar-refractivity contribution in [2.24, 2.45) is 5.73 Å². The Balaban J connectivity index is 2.85. The first-order valence-corrected chi connectivity index (χ1v) is 4.47. The molecule has 0 radical (unpaired) electrons. The summed E-state index contributed by atoms with van der Waals surface area (Å²) in [4.78, 5) is 0. The first kappa shape index (κ1) is 7.30. The van der Waals surface area contributed by atoms with Crippen molar-refractivity contribution < 1.29 is 0 Å². The Hall–Kier alpha value is 0.190.